The Hall–Kier alpha value is -2.64. The molecule has 0 heterocycles. The summed E-state index contributed by atoms with van der Waals surface area (Å²) in [6, 6.07) is 5.74. The van der Waals surface area contributed by atoms with E-state index in [0.717, 1.165) is 0 Å². The lowest BCUT2D eigenvalue weighted by Crippen LogP contribution is -2.49. The number of rotatable bonds is 5. The van der Waals surface area contributed by atoms with Crippen molar-refractivity contribution in [1.82, 2.24) is 5.32 Å². The Labute approximate surface area is 152 Å². The van der Waals surface area contributed by atoms with Crippen molar-refractivity contribution in [3.63, 3.8) is 0 Å². The van der Waals surface area contributed by atoms with Crippen LogP contribution in [0.5, 0.6) is 0 Å². The van der Waals surface area contributed by atoms with Gasteiger partial charge in [0.2, 0.25) is 0 Å². The maximum atomic E-state index is 12.6. The number of carbonyl (C=O) groups is 2. The molecule has 1 aromatic rings. The fraction of sp³-hybridized carbons (Fsp3) is 0.556. The second-order valence-electron chi connectivity index (χ2n) is 8.09. The zero-order valence-electron chi connectivity index (χ0n) is 15.6. The smallest absolute Gasteiger partial charge is 0.408 e. The van der Waals surface area contributed by atoms with Crippen molar-refractivity contribution in [2.75, 3.05) is 0 Å². The Balaban J connectivity index is 2.01. The first-order valence-electron chi connectivity index (χ1n) is 8.28. The third-order valence-corrected chi connectivity index (χ3v) is 4.32. The minimum Gasteiger partial charge on any atom is -0.459 e. The molecule has 1 aliphatic carbocycles. The van der Waals surface area contributed by atoms with E-state index in [2.05, 4.69) is 5.32 Å². The van der Waals surface area contributed by atoms with Crippen molar-refractivity contribution in [1.29, 1.82) is 0 Å². The highest BCUT2D eigenvalue weighted by atomic mass is 16.6. The van der Waals surface area contributed by atoms with Crippen LogP contribution in [0.25, 0.3) is 0 Å². The van der Waals surface area contributed by atoms with E-state index in [0.29, 0.717) is 12.0 Å². The Morgan fingerprint density at radius 3 is 2.19 bits per heavy atom. The lowest BCUT2D eigenvalue weighted by molar-refractivity contribution is -0.384. The van der Waals surface area contributed by atoms with Gasteiger partial charge in [0.05, 0.1) is 4.92 Å². The van der Waals surface area contributed by atoms with Crippen LogP contribution in [0.15, 0.2) is 24.3 Å². The molecule has 1 aliphatic rings. The van der Waals surface area contributed by atoms with Gasteiger partial charge in [0.15, 0.2) is 0 Å². The van der Waals surface area contributed by atoms with Crippen LogP contribution in [0.4, 0.5) is 10.5 Å². The van der Waals surface area contributed by atoms with Gasteiger partial charge < -0.3 is 14.8 Å². The topological polar surface area (TPSA) is 108 Å². The molecule has 0 aliphatic heterocycles. The van der Waals surface area contributed by atoms with E-state index in [1.54, 1.807) is 20.8 Å². The minimum absolute atomic E-state index is 0.0357. The van der Waals surface area contributed by atoms with Crippen molar-refractivity contribution in [2.45, 2.75) is 58.8 Å². The minimum atomic E-state index is -1.13. The summed E-state index contributed by atoms with van der Waals surface area (Å²) >= 11 is 0. The number of nitrogens with one attached hydrogen (secondary N) is 1. The summed E-state index contributed by atoms with van der Waals surface area (Å²) in [6.45, 7) is 8.90. The van der Waals surface area contributed by atoms with E-state index in [1.165, 1.54) is 24.3 Å². The van der Waals surface area contributed by atoms with Crippen LogP contribution in [0.1, 0.15) is 46.6 Å². The predicted molar refractivity (Wildman–Crippen MR) is 93.4 cm³/mol. The summed E-state index contributed by atoms with van der Waals surface area (Å²) < 4.78 is 10.6. The van der Waals surface area contributed by atoms with E-state index < -0.39 is 33.5 Å². The zero-order valence-corrected chi connectivity index (χ0v) is 15.6. The molecular weight excluding hydrogens is 340 g/mol. The monoisotopic (exact) mass is 364 g/mol. The number of benzene rings is 1. The van der Waals surface area contributed by atoms with E-state index >= 15 is 0 Å². The summed E-state index contributed by atoms with van der Waals surface area (Å²) in [7, 11) is 0. The molecule has 8 nitrogen and oxygen atoms in total. The number of hydrogen-bond donors (Lipinski definition) is 1. The first kappa shape index (κ1) is 19.7. The summed E-state index contributed by atoms with van der Waals surface area (Å²) in [4.78, 5) is 34.8. The van der Waals surface area contributed by atoms with Gasteiger partial charge in [0.25, 0.3) is 5.69 Å². The zero-order chi connectivity index (χ0) is 19.8. The van der Waals surface area contributed by atoms with Gasteiger partial charge in [-0.2, -0.15) is 0 Å². The molecule has 0 aromatic heterocycles. The van der Waals surface area contributed by atoms with E-state index in [-0.39, 0.29) is 12.3 Å². The molecule has 1 aromatic carbocycles. The largest absolute Gasteiger partial charge is 0.459 e. The predicted octanol–water partition coefficient (Wildman–Crippen LogP) is 3.33. The van der Waals surface area contributed by atoms with Crippen molar-refractivity contribution in [2.24, 2.45) is 5.41 Å². The first-order valence-corrected chi connectivity index (χ1v) is 8.28. The highest BCUT2D eigenvalue weighted by Gasteiger charge is 2.69. The molecule has 1 atom stereocenters. The summed E-state index contributed by atoms with van der Waals surface area (Å²) in [6.07, 6.45) is -0.228. The van der Waals surface area contributed by atoms with Gasteiger partial charge in [0, 0.05) is 17.5 Å². The van der Waals surface area contributed by atoms with Crippen LogP contribution >= 0.6 is 0 Å². The maximum Gasteiger partial charge on any atom is 0.408 e. The molecule has 1 N–H and O–H groups in total. The standard InChI is InChI=1S/C18H24N2O6/c1-16(2,3)26-15(22)19-18(11-17(18,4)5)14(21)25-10-12-6-8-13(9-7-12)20(23)24/h6-9H,10-11H2,1-5H3,(H,19,22)/t18-/m1/s1. The number of hydrogen-bond acceptors (Lipinski definition) is 6. The fourth-order valence-electron chi connectivity index (χ4n) is 2.70. The average Bonchev–Trinajstić information content (AvgIpc) is 3.05. The third kappa shape index (κ3) is 4.30. The number of carbonyl (C=O) groups excluding carboxylic acids is 2. The molecule has 0 spiro atoms. The number of esters is 1. The van der Waals surface area contributed by atoms with Gasteiger partial charge in [-0.05, 0) is 44.9 Å². The van der Waals surface area contributed by atoms with Crippen LogP contribution in [0, 0.1) is 15.5 Å². The molecule has 1 fully saturated rings. The average molecular weight is 364 g/mol. The van der Waals surface area contributed by atoms with Gasteiger partial charge in [-0.25, -0.2) is 9.59 Å². The van der Waals surface area contributed by atoms with Crippen LogP contribution in [-0.4, -0.2) is 28.1 Å². The van der Waals surface area contributed by atoms with Gasteiger partial charge in [-0.15, -0.1) is 0 Å². The van der Waals surface area contributed by atoms with Crippen molar-refractivity contribution < 1.29 is 24.0 Å². The first-order chi connectivity index (χ1) is 11.9. The van der Waals surface area contributed by atoms with Crippen LogP contribution < -0.4 is 5.32 Å². The van der Waals surface area contributed by atoms with Crippen LogP contribution in [0.3, 0.4) is 0 Å². The van der Waals surface area contributed by atoms with Gasteiger partial charge in [0.1, 0.15) is 17.7 Å². The highest BCUT2D eigenvalue weighted by Crippen LogP contribution is 2.56. The lowest BCUT2D eigenvalue weighted by atomic mass is 10.1. The van der Waals surface area contributed by atoms with E-state index in [1.807, 2.05) is 13.8 Å². The SMILES string of the molecule is CC(C)(C)OC(=O)N[C@@]1(C(=O)OCc2ccc([N+](=O)[O-])cc2)CC1(C)C. The highest BCUT2D eigenvalue weighted by molar-refractivity contribution is 5.90. The Bertz CT molecular complexity index is 720. The molecule has 0 unspecified atom stereocenters. The Kier molecular flexibility index (Phi) is 4.98. The summed E-state index contributed by atoms with van der Waals surface area (Å²) in [5.74, 6) is -0.549. The molecule has 0 radical (unpaired) electrons. The molecule has 2 rings (SSSR count). The van der Waals surface area contributed by atoms with Crippen molar-refractivity contribution in [3.8, 4) is 0 Å². The molecule has 0 bridgehead atoms. The number of ether oxygens (including phenoxy) is 2. The lowest BCUT2D eigenvalue weighted by Gasteiger charge is -2.24. The van der Waals surface area contributed by atoms with Gasteiger partial charge >= 0.3 is 12.1 Å². The number of amides is 1. The van der Waals surface area contributed by atoms with Crippen molar-refractivity contribution >= 4 is 17.7 Å². The summed E-state index contributed by atoms with van der Waals surface area (Å²) in [5.41, 5.74) is -1.67. The second-order valence-corrected chi connectivity index (χ2v) is 8.09. The molecule has 1 amide bonds. The molecular formula is C18H24N2O6. The molecule has 0 saturated heterocycles. The second kappa shape index (κ2) is 6.59. The van der Waals surface area contributed by atoms with Gasteiger partial charge in [-0.3, -0.25) is 10.1 Å². The van der Waals surface area contributed by atoms with Crippen molar-refractivity contribution in [3.05, 3.63) is 39.9 Å². The quantitative estimate of drug-likeness (QED) is 0.488. The van der Waals surface area contributed by atoms with E-state index in [9.17, 15) is 19.7 Å². The molecule has 8 heteroatoms. The van der Waals surface area contributed by atoms with E-state index in [4.69, 9.17) is 9.47 Å². The summed E-state index contributed by atoms with van der Waals surface area (Å²) in [5, 5.41) is 13.3. The number of nitro groups is 1. The molecule has 1 saturated carbocycles. The normalized spacial score (nSPS) is 20.8. The Morgan fingerprint density at radius 1 is 1.23 bits per heavy atom. The number of non-ortho nitro benzene ring substituents is 1. The van der Waals surface area contributed by atoms with Gasteiger partial charge in [-0.1, -0.05) is 13.8 Å². The number of alkyl carbamates (subject to hydrolysis) is 1. The number of nitrogens with zero attached hydrogens (tertiary/aromatic N) is 1. The van der Waals surface area contributed by atoms with Crippen LogP contribution in [0.2, 0.25) is 0 Å². The molecule has 142 valence electrons. The maximum absolute atomic E-state index is 12.6. The third-order valence-electron chi connectivity index (χ3n) is 4.32. The van der Waals surface area contributed by atoms with Crippen LogP contribution in [-0.2, 0) is 20.9 Å². The fourth-order valence-corrected chi connectivity index (χ4v) is 2.70. The molecule has 26 heavy (non-hydrogen) atoms. The Morgan fingerprint density at radius 2 is 1.77 bits per heavy atom. The number of nitro benzene ring substituents is 1.